The summed E-state index contributed by atoms with van der Waals surface area (Å²) in [5, 5.41) is 5.87. The topological polar surface area (TPSA) is 121 Å². The SMILES string of the molecule is COCCNC(=O)CCc1cccc(N(C(=O)Oc2c(C)cccc2C)c2ccnc(Nc3ccc(OCCCN4CCN(C)CC4)c(F)c3)n2)c1. The lowest BCUT2D eigenvalue weighted by atomic mass is 10.1. The summed E-state index contributed by atoms with van der Waals surface area (Å²) in [4.78, 5) is 41.3. The standard InChI is InChI=1S/C39H48FN7O5/c1-28-8-5-9-29(2)37(28)52-39(49)47(32-11-6-10-30(26-32)12-15-36(48)41-18-25-50-4)35-16-17-42-38(44-35)43-31-13-14-34(33(40)27-31)51-24-7-19-46-22-20-45(3)21-23-46/h5-6,8-11,13-14,16-17,26-27H,7,12,15,18-25H2,1-4H3,(H,41,48)(H,42,43,44). The average Bonchev–Trinajstić information content (AvgIpc) is 3.13. The van der Waals surface area contributed by atoms with Gasteiger partial charge in [0.2, 0.25) is 11.9 Å². The van der Waals surface area contributed by atoms with Gasteiger partial charge >= 0.3 is 6.09 Å². The maximum absolute atomic E-state index is 15.1. The van der Waals surface area contributed by atoms with E-state index in [-0.39, 0.29) is 29.8 Å². The van der Waals surface area contributed by atoms with Crippen LogP contribution in [-0.4, -0.2) is 98.4 Å². The van der Waals surface area contributed by atoms with Gasteiger partial charge in [-0.05, 0) is 74.7 Å². The molecule has 13 heteroatoms. The van der Waals surface area contributed by atoms with Crippen LogP contribution in [0.15, 0.2) is 72.9 Å². The van der Waals surface area contributed by atoms with Gasteiger partial charge in [-0.3, -0.25) is 4.79 Å². The fourth-order valence-electron chi connectivity index (χ4n) is 5.81. The first-order chi connectivity index (χ1) is 25.2. The second-order valence-corrected chi connectivity index (χ2v) is 12.8. The Balaban J connectivity index is 1.30. The highest BCUT2D eigenvalue weighted by Crippen LogP contribution is 2.30. The molecule has 0 radical (unpaired) electrons. The van der Waals surface area contributed by atoms with E-state index in [2.05, 4.69) is 37.4 Å². The van der Waals surface area contributed by atoms with E-state index in [1.807, 2.05) is 50.2 Å². The normalized spacial score (nSPS) is 13.4. The first kappa shape index (κ1) is 38.1. The molecular weight excluding hydrogens is 665 g/mol. The molecule has 52 heavy (non-hydrogen) atoms. The van der Waals surface area contributed by atoms with Gasteiger partial charge in [0, 0.05) is 76.8 Å². The lowest BCUT2D eigenvalue weighted by Crippen LogP contribution is -2.44. The maximum Gasteiger partial charge on any atom is 0.425 e. The molecule has 0 unspecified atom stereocenters. The molecule has 0 atom stereocenters. The van der Waals surface area contributed by atoms with Gasteiger partial charge in [-0.2, -0.15) is 4.98 Å². The molecule has 12 nitrogen and oxygen atoms in total. The number of methoxy groups -OCH3 is 1. The van der Waals surface area contributed by atoms with E-state index in [4.69, 9.17) is 14.2 Å². The second kappa shape index (κ2) is 18.9. The molecule has 0 saturated carbocycles. The van der Waals surface area contributed by atoms with Crippen molar-refractivity contribution >= 4 is 35.1 Å². The molecule has 2 heterocycles. The Bertz CT molecular complexity index is 1780. The molecule has 1 aliphatic heterocycles. The van der Waals surface area contributed by atoms with Crippen LogP contribution in [0.4, 0.5) is 32.3 Å². The Morgan fingerprint density at radius 1 is 0.962 bits per heavy atom. The summed E-state index contributed by atoms with van der Waals surface area (Å²) in [6, 6.07) is 19.1. The van der Waals surface area contributed by atoms with Crippen LogP contribution in [-0.2, 0) is 16.0 Å². The summed E-state index contributed by atoms with van der Waals surface area (Å²) < 4.78 is 31.8. The number of amides is 2. The number of nitrogens with one attached hydrogen (secondary N) is 2. The van der Waals surface area contributed by atoms with Crippen LogP contribution < -0.4 is 25.0 Å². The highest BCUT2D eigenvalue weighted by Gasteiger charge is 2.24. The van der Waals surface area contributed by atoms with Crippen molar-refractivity contribution in [2.75, 3.05) is 76.9 Å². The molecule has 1 fully saturated rings. The molecular formula is C39H48FN7O5. The Morgan fingerprint density at radius 2 is 1.73 bits per heavy atom. The fourth-order valence-corrected chi connectivity index (χ4v) is 5.81. The third-order valence-corrected chi connectivity index (χ3v) is 8.75. The maximum atomic E-state index is 15.1. The molecule has 5 rings (SSSR count). The van der Waals surface area contributed by atoms with Gasteiger partial charge < -0.3 is 34.6 Å². The third kappa shape index (κ3) is 10.9. The molecule has 1 aliphatic rings. The van der Waals surface area contributed by atoms with E-state index in [0.29, 0.717) is 43.3 Å². The Kier molecular flexibility index (Phi) is 13.9. The van der Waals surface area contributed by atoms with E-state index in [1.54, 1.807) is 31.4 Å². The summed E-state index contributed by atoms with van der Waals surface area (Å²) in [7, 11) is 3.71. The Morgan fingerprint density at radius 3 is 2.48 bits per heavy atom. The lowest BCUT2D eigenvalue weighted by Gasteiger charge is -2.32. The van der Waals surface area contributed by atoms with E-state index in [1.165, 1.54) is 17.2 Å². The third-order valence-electron chi connectivity index (χ3n) is 8.75. The van der Waals surface area contributed by atoms with Crippen molar-refractivity contribution in [3.8, 4) is 11.5 Å². The van der Waals surface area contributed by atoms with Crippen LogP contribution in [0.1, 0.15) is 29.5 Å². The zero-order chi connectivity index (χ0) is 36.9. The number of carbonyl (C=O) groups is 2. The molecule has 1 aromatic heterocycles. The van der Waals surface area contributed by atoms with E-state index in [0.717, 1.165) is 55.8 Å². The number of para-hydroxylation sites is 1. The molecule has 2 N–H and O–H groups in total. The lowest BCUT2D eigenvalue weighted by molar-refractivity contribution is -0.121. The predicted octanol–water partition coefficient (Wildman–Crippen LogP) is 6.02. The quantitative estimate of drug-likeness (QED) is 0.133. The van der Waals surface area contributed by atoms with Crippen molar-refractivity contribution in [1.82, 2.24) is 25.1 Å². The minimum Gasteiger partial charge on any atom is -0.490 e. The minimum absolute atomic E-state index is 0.0995. The Labute approximate surface area is 304 Å². The van der Waals surface area contributed by atoms with Gasteiger partial charge in [-0.25, -0.2) is 19.1 Å². The molecule has 1 saturated heterocycles. The van der Waals surface area contributed by atoms with Crippen LogP contribution >= 0.6 is 0 Å². The zero-order valence-electron chi connectivity index (χ0n) is 30.4. The highest BCUT2D eigenvalue weighted by molar-refractivity contribution is 5.96. The fraction of sp³-hybridized carbons (Fsp3) is 0.385. The van der Waals surface area contributed by atoms with Gasteiger partial charge in [0.25, 0.3) is 0 Å². The van der Waals surface area contributed by atoms with Gasteiger partial charge in [-0.15, -0.1) is 0 Å². The van der Waals surface area contributed by atoms with Gasteiger partial charge in [-0.1, -0.05) is 30.3 Å². The number of anilines is 4. The first-order valence-corrected chi connectivity index (χ1v) is 17.6. The molecule has 0 aliphatic carbocycles. The smallest absolute Gasteiger partial charge is 0.425 e. The largest absolute Gasteiger partial charge is 0.490 e. The highest BCUT2D eigenvalue weighted by atomic mass is 19.1. The van der Waals surface area contributed by atoms with Crippen LogP contribution in [0, 0.1) is 19.7 Å². The second-order valence-electron chi connectivity index (χ2n) is 12.8. The number of hydrogen-bond acceptors (Lipinski definition) is 10. The van der Waals surface area contributed by atoms with E-state index < -0.39 is 11.9 Å². The number of carbonyl (C=O) groups excluding carboxylic acids is 2. The number of halogens is 1. The monoisotopic (exact) mass is 713 g/mol. The summed E-state index contributed by atoms with van der Waals surface area (Å²) in [5.41, 5.74) is 3.34. The number of hydrogen-bond donors (Lipinski definition) is 2. The molecule has 2 amide bonds. The van der Waals surface area contributed by atoms with Crippen molar-refractivity contribution in [3.63, 3.8) is 0 Å². The molecule has 0 spiro atoms. The predicted molar refractivity (Wildman–Crippen MR) is 199 cm³/mol. The summed E-state index contributed by atoms with van der Waals surface area (Å²) >= 11 is 0. The molecule has 0 bridgehead atoms. The zero-order valence-corrected chi connectivity index (χ0v) is 30.4. The van der Waals surface area contributed by atoms with Crippen LogP contribution in [0.3, 0.4) is 0 Å². The van der Waals surface area contributed by atoms with Crippen molar-refractivity contribution in [1.29, 1.82) is 0 Å². The van der Waals surface area contributed by atoms with Crippen LogP contribution in [0.5, 0.6) is 11.5 Å². The summed E-state index contributed by atoms with van der Waals surface area (Å²) in [5.74, 6) is 0.383. The number of piperazine rings is 1. The molecule has 4 aromatic rings. The van der Waals surface area contributed by atoms with E-state index in [9.17, 15) is 9.59 Å². The number of ether oxygens (including phenoxy) is 3. The van der Waals surface area contributed by atoms with Crippen LogP contribution in [0.25, 0.3) is 0 Å². The number of rotatable bonds is 16. The van der Waals surface area contributed by atoms with Gasteiger partial charge in [0.1, 0.15) is 11.6 Å². The number of nitrogens with zero attached hydrogens (tertiary/aromatic N) is 5. The molecule has 3 aromatic carbocycles. The number of likely N-dealkylation sites (N-methyl/N-ethyl adjacent to an activating group) is 1. The molecule has 276 valence electrons. The van der Waals surface area contributed by atoms with Crippen molar-refractivity contribution in [2.24, 2.45) is 0 Å². The van der Waals surface area contributed by atoms with E-state index >= 15 is 4.39 Å². The summed E-state index contributed by atoms with van der Waals surface area (Å²) in [6.45, 7) is 10.1. The number of benzene rings is 3. The number of aromatic nitrogens is 2. The van der Waals surface area contributed by atoms with Crippen molar-refractivity contribution in [3.05, 3.63) is 95.4 Å². The minimum atomic E-state index is -0.684. The van der Waals surface area contributed by atoms with Gasteiger partial charge in [0.15, 0.2) is 11.6 Å². The number of aryl methyl sites for hydroxylation is 3. The first-order valence-electron chi connectivity index (χ1n) is 17.6. The van der Waals surface area contributed by atoms with Crippen molar-refractivity contribution < 1.29 is 28.2 Å². The van der Waals surface area contributed by atoms with Gasteiger partial charge in [0.05, 0.1) is 18.9 Å². The van der Waals surface area contributed by atoms with Crippen LogP contribution in [0.2, 0.25) is 0 Å². The Hall–Kier alpha value is -5.11. The average molecular weight is 714 g/mol. The van der Waals surface area contributed by atoms with Crippen molar-refractivity contribution in [2.45, 2.75) is 33.1 Å². The summed E-state index contributed by atoms with van der Waals surface area (Å²) in [6.07, 6.45) is 2.34.